The largest absolute Gasteiger partial charge is 0.484 e. The maximum absolute atomic E-state index is 12.5. The zero-order valence-electron chi connectivity index (χ0n) is 18.1. The van der Waals surface area contributed by atoms with Gasteiger partial charge in [-0.1, -0.05) is 56.3 Å². The molecule has 0 unspecified atom stereocenters. The van der Waals surface area contributed by atoms with E-state index < -0.39 is 0 Å². The number of hydrogen-bond acceptors (Lipinski definition) is 5. The molecule has 1 saturated heterocycles. The molecule has 1 aliphatic rings. The molecule has 0 bridgehead atoms. The van der Waals surface area contributed by atoms with Crippen LogP contribution in [0, 0.1) is 0 Å². The van der Waals surface area contributed by atoms with Gasteiger partial charge in [0.1, 0.15) is 5.75 Å². The Labute approximate surface area is 183 Å². The van der Waals surface area contributed by atoms with Gasteiger partial charge in [0.2, 0.25) is 0 Å². The van der Waals surface area contributed by atoms with E-state index in [-0.39, 0.29) is 12.5 Å². The smallest absolute Gasteiger partial charge is 0.260 e. The highest BCUT2D eigenvalue weighted by molar-refractivity contribution is 5.78. The van der Waals surface area contributed by atoms with Gasteiger partial charge in [0.25, 0.3) is 5.91 Å². The Morgan fingerprint density at radius 1 is 0.903 bits per heavy atom. The van der Waals surface area contributed by atoms with E-state index in [0.717, 1.165) is 35.9 Å². The number of carbonyl (C=O) groups excluding carboxylic acids is 1. The van der Waals surface area contributed by atoms with Crippen LogP contribution in [0.15, 0.2) is 66.7 Å². The molecule has 0 spiro atoms. The number of amides is 1. The molecule has 1 fully saturated rings. The summed E-state index contributed by atoms with van der Waals surface area (Å²) in [6.45, 7) is 7.13. The van der Waals surface area contributed by atoms with Gasteiger partial charge in [-0.15, -0.1) is 10.2 Å². The van der Waals surface area contributed by atoms with Gasteiger partial charge in [0, 0.05) is 31.7 Å². The standard InChI is InChI=1S/C25H28N4O2/c1-19(2)20-8-10-22(11-9-20)31-18-25(30)29-16-14-28(15-17-29)24-13-12-23(26-27-24)21-6-4-3-5-7-21/h3-13,19H,14-18H2,1-2H3. The SMILES string of the molecule is CC(C)c1ccc(OCC(=O)N2CCN(c3ccc(-c4ccccc4)nn3)CC2)cc1. The second-order valence-corrected chi connectivity index (χ2v) is 8.02. The molecule has 4 rings (SSSR count). The maximum atomic E-state index is 12.5. The molecule has 0 saturated carbocycles. The highest BCUT2D eigenvalue weighted by atomic mass is 16.5. The first kappa shape index (κ1) is 20.8. The van der Waals surface area contributed by atoms with Crippen molar-refractivity contribution in [2.24, 2.45) is 0 Å². The van der Waals surface area contributed by atoms with Gasteiger partial charge in [-0.25, -0.2) is 0 Å². The molecule has 3 aromatic rings. The lowest BCUT2D eigenvalue weighted by atomic mass is 10.0. The Hall–Kier alpha value is -3.41. The fraction of sp³-hybridized carbons (Fsp3) is 0.320. The average molecular weight is 417 g/mol. The molecule has 6 nitrogen and oxygen atoms in total. The fourth-order valence-electron chi connectivity index (χ4n) is 3.63. The Bertz CT molecular complexity index is 980. The molecule has 0 atom stereocenters. The van der Waals surface area contributed by atoms with E-state index in [4.69, 9.17) is 4.74 Å². The topological polar surface area (TPSA) is 58.6 Å². The van der Waals surface area contributed by atoms with Gasteiger partial charge < -0.3 is 14.5 Å². The van der Waals surface area contributed by atoms with Gasteiger partial charge in [-0.2, -0.15) is 0 Å². The number of hydrogen-bond donors (Lipinski definition) is 0. The molecule has 2 aromatic carbocycles. The van der Waals surface area contributed by atoms with Crippen molar-refractivity contribution in [3.63, 3.8) is 0 Å². The molecule has 1 aromatic heterocycles. The summed E-state index contributed by atoms with van der Waals surface area (Å²) in [5.41, 5.74) is 3.17. The molecule has 1 amide bonds. The number of benzene rings is 2. The van der Waals surface area contributed by atoms with E-state index >= 15 is 0 Å². The van der Waals surface area contributed by atoms with Crippen LogP contribution in [0.3, 0.4) is 0 Å². The summed E-state index contributed by atoms with van der Waals surface area (Å²) < 4.78 is 5.70. The van der Waals surface area contributed by atoms with E-state index in [9.17, 15) is 4.79 Å². The second-order valence-electron chi connectivity index (χ2n) is 8.02. The molecule has 1 aliphatic heterocycles. The van der Waals surface area contributed by atoms with Gasteiger partial charge in [0.15, 0.2) is 12.4 Å². The number of ether oxygens (including phenoxy) is 1. The van der Waals surface area contributed by atoms with Gasteiger partial charge in [-0.3, -0.25) is 4.79 Å². The van der Waals surface area contributed by atoms with E-state index in [2.05, 4.69) is 28.9 Å². The van der Waals surface area contributed by atoms with E-state index in [0.29, 0.717) is 19.0 Å². The first-order valence-electron chi connectivity index (χ1n) is 10.7. The van der Waals surface area contributed by atoms with Crippen molar-refractivity contribution in [2.75, 3.05) is 37.7 Å². The molecule has 0 radical (unpaired) electrons. The number of carbonyl (C=O) groups is 1. The Balaban J connectivity index is 1.26. The third kappa shape index (κ3) is 5.20. The number of nitrogens with zero attached hydrogens (tertiary/aromatic N) is 4. The lowest BCUT2D eigenvalue weighted by Crippen LogP contribution is -2.50. The van der Waals surface area contributed by atoms with Crippen LogP contribution in [0.25, 0.3) is 11.3 Å². The zero-order valence-corrected chi connectivity index (χ0v) is 18.1. The first-order chi connectivity index (χ1) is 15.1. The maximum Gasteiger partial charge on any atom is 0.260 e. The lowest BCUT2D eigenvalue weighted by molar-refractivity contribution is -0.133. The molecular formula is C25H28N4O2. The van der Waals surface area contributed by atoms with Crippen molar-refractivity contribution < 1.29 is 9.53 Å². The van der Waals surface area contributed by atoms with E-state index in [1.165, 1.54) is 5.56 Å². The minimum atomic E-state index is 0.0121. The summed E-state index contributed by atoms with van der Waals surface area (Å²) in [5.74, 6) is 2.06. The Morgan fingerprint density at radius 3 is 2.23 bits per heavy atom. The predicted octanol–water partition coefficient (Wildman–Crippen LogP) is 3.99. The summed E-state index contributed by atoms with van der Waals surface area (Å²) in [5, 5.41) is 8.76. The van der Waals surface area contributed by atoms with Gasteiger partial charge in [-0.05, 0) is 35.7 Å². The zero-order chi connectivity index (χ0) is 21.6. The van der Waals surface area contributed by atoms with Gasteiger partial charge in [0.05, 0.1) is 5.69 Å². The number of rotatable bonds is 6. The molecule has 160 valence electrons. The van der Waals surface area contributed by atoms with Crippen molar-refractivity contribution >= 4 is 11.7 Å². The van der Waals surface area contributed by atoms with Crippen LogP contribution in [-0.2, 0) is 4.79 Å². The molecule has 6 heteroatoms. The summed E-state index contributed by atoms with van der Waals surface area (Å²) in [4.78, 5) is 16.6. The molecular weight excluding hydrogens is 388 g/mol. The predicted molar refractivity (Wildman–Crippen MR) is 122 cm³/mol. The molecule has 2 heterocycles. The molecule has 31 heavy (non-hydrogen) atoms. The first-order valence-corrected chi connectivity index (χ1v) is 10.7. The van der Waals surface area contributed by atoms with Crippen LogP contribution in [0.2, 0.25) is 0 Å². The van der Waals surface area contributed by atoms with Crippen LogP contribution in [0.1, 0.15) is 25.3 Å². The van der Waals surface area contributed by atoms with Crippen LogP contribution < -0.4 is 9.64 Å². The van der Waals surface area contributed by atoms with Crippen LogP contribution in [-0.4, -0.2) is 53.8 Å². The lowest BCUT2D eigenvalue weighted by Gasteiger charge is -2.35. The van der Waals surface area contributed by atoms with Crippen LogP contribution >= 0.6 is 0 Å². The van der Waals surface area contributed by atoms with Crippen molar-refractivity contribution in [2.45, 2.75) is 19.8 Å². The monoisotopic (exact) mass is 416 g/mol. The highest BCUT2D eigenvalue weighted by Crippen LogP contribution is 2.20. The summed E-state index contributed by atoms with van der Waals surface area (Å²) >= 11 is 0. The average Bonchev–Trinajstić information content (AvgIpc) is 2.83. The Morgan fingerprint density at radius 2 is 1.61 bits per heavy atom. The number of piperazine rings is 1. The highest BCUT2D eigenvalue weighted by Gasteiger charge is 2.22. The summed E-state index contributed by atoms with van der Waals surface area (Å²) in [7, 11) is 0. The van der Waals surface area contributed by atoms with Crippen molar-refractivity contribution in [3.8, 4) is 17.0 Å². The fourth-order valence-corrected chi connectivity index (χ4v) is 3.63. The van der Waals surface area contributed by atoms with E-state index in [1.807, 2.05) is 71.6 Å². The number of aromatic nitrogens is 2. The molecule has 0 N–H and O–H groups in total. The normalized spacial score (nSPS) is 14.0. The summed E-state index contributed by atoms with van der Waals surface area (Å²) in [6, 6.07) is 22.0. The molecule has 0 aliphatic carbocycles. The van der Waals surface area contributed by atoms with Crippen molar-refractivity contribution in [1.82, 2.24) is 15.1 Å². The second kappa shape index (κ2) is 9.60. The Kier molecular flexibility index (Phi) is 6.46. The summed E-state index contributed by atoms with van der Waals surface area (Å²) in [6.07, 6.45) is 0. The minimum Gasteiger partial charge on any atom is -0.484 e. The number of anilines is 1. The van der Waals surface area contributed by atoms with Crippen LogP contribution in [0.5, 0.6) is 5.75 Å². The van der Waals surface area contributed by atoms with Crippen LogP contribution in [0.4, 0.5) is 5.82 Å². The van der Waals surface area contributed by atoms with Crippen molar-refractivity contribution in [1.29, 1.82) is 0 Å². The van der Waals surface area contributed by atoms with E-state index in [1.54, 1.807) is 0 Å². The van der Waals surface area contributed by atoms with Gasteiger partial charge >= 0.3 is 0 Å². The third-order valence-corrected chi connectivity index (χ3v) is 5.59. The van der Waals surface area contributed by atoms with Crippen molar-refractivity contribution in [3.05, 3.63) is 72.3 Å². The minimum absolute atomic E-state index is 0.0121. The third-order valence-electron chi connectivity index (χ3n) is 5.59. The quantitative estimate of drug-likeness (QED) is 0.608.